The van der Waals surface area contributed by atoms with Crippen molar-refractivity contribution in [2.45, 2.75) is 13.5 Å². The third-order valence-corrected chi connectivity index (χ3v) is 1.98. The third-order valence-electron chi connectivity index (χ3n) is 1.98. The largest absolute Gasteiger partial charge is 0.493 e. The normalized spacial score (nSPS) is 10.1. The van der Waals surface area contributed by atoms with Crippen molar-refractivity contribution in [3.05, 3.63) is 12.1 Å². The summed E-state index contributed by atoms with van der Waals surface area (Å²) in [5, 5.41) is 2.45. The van der Waals surface area contributed by atoms with Crippen LogP contribution in [0.4, 0.5) is 14.5 Å². The maximum absolute atomic E-state index is 12.3. The Hall–Kier alpha value is -2.05. The second kappa shape index (κ2) is 6.04. The molecular weight excluding hydrogens is 248 g/mol. The fourth-order valence-corrected chi connectivity index (χ4v) is 1.39. The Balaban J connectivity index is 3.21. The first-order chi connectivity index (χ1) is 8.47. The quantitative estimate of drug-likeness (QED) is 0.883. The second-order valence-corrected chi connectivity index (χ2v) is 3.27. The number of nitrogens with one attached hydrogen (secondary N) is 1. The van der Waals surface area contributed by atoms with Crippen molar-refractivity contribution in [3.63, 3.8) is 0 Å². The van der Waals surface area contributed by atoms with Crippen molar-refractivity contribution in [2.24, 2.45) is 0 Å². The molecule has 0 atom stereocenters. The molecule has 0 aromatic heterocycles. The first kappa shape index (κ1) is 14.0. The molecule has 0 saturated heterocycles. The lowest BCUT2D eigenvalue weighted by molar-refractivity contribution is -0.114. The highest BCUT2D eigenvalue weighted by atomic mass is 19.3. The Labute approximate surface area is 103 Å². The number of hydrogen-bond donors (Lipinski definition) is 1. The van der Waals surface area contributed by atoms with Crippen LogP contribution in [0.2, 0.25) is 0 Å². The van der Waals surface area contributed by atoms with Crippen molar-refractivity contribution >= 4 is 11.6 Å². The average molecular weight is 261 g/mol. The predicted octanol–water partition coefficient (Wildman–Crippen LogP) is 2.26. The van der Waals surface area contributed by atoms with Crippen molar-refractivity contribution in [3.8, 4) is 17.2 Å². The summed E-state index contributed by atoms with van der Waals surface area (Å²) in [5.41, 5.74) is 0.274. The fraction of sp³-hybridized carbons (Fsp3) is 0.364. The van der Waals surface area contributed by atoms with Gasteiger partial charge in [0.25, 0.3) is 0 Å². The Morgan fingerprint density at radius 3 is 2.28 bits per heavy atom. The highest BCUT2D eigenvalue weighted by Crippen LogP contribution is 2.40. The number of halogens is 2. The summed E-state index contributed by atoms with van der Waals surface area (Å²) in [6, 6.07) is 2.67. The van der Waals surface area contributed by atoms with Gasteiger partial charge in [-0.3, -0.25) is 4.79 Å². The number of anilines is 1. The van der Waals surface area contributed by atoms with Crippen LogP contribution in [0, 0.1) is 0 Å². The first-order valence-corrected chi connectivity index (χ1v) is 4.96. The standard InChI is InChI=1S/C11H13F2NO4/c1-6(15)14-7-4-8(16-2)10(17-3)9(5-7)18-11(12)13/h4-5,11H,1-3H3,(H,14,15). The molecule has 18 heavy (non-hydrogen) atoms. The van der Waals surface area contributed by atoms with E-state index in [2.05, 4.69) is 10.1 Å². The molecule has 1 N–H and O–H groups in total. The van der Waals surface area contributed by atoms with E-state index in [4.69, 9.17) is 9.47 Å². The number of benzene rings is 1. The zero-order chi connectivity index (χ0) is 13.7. The summed E-state index contributed by atoms with van der Waals surface area (Å²) < 4.78 is 38.7. The van der Waals surface area contributed by atoms with E-state index in [-0.39, 0.29) is 28.8 Å². The first-order valence-electron chi connectivity index (χ1n) is 4.96. The van der Waals surface area contributed by atoms with Gasteiger partial charge in [0.2, 0.25) is 11.7 Å². The van der Waals surface area contributed by atoms with Crippen molar-refractivity contribution in [1.29, 1.82) is 0 Å². The Morgan fingerprint density at radius 1 is 1.22 bits per heavy atom. The topological polar surface area (TPSA) is 56.8 Å². The van der Waals surface area contributed by atoms with Crippen LogP contribution in [-0.4, -0.2) is 26.7 Å². The van der Waals surface area contributed by atoms with Gasteiger partial charge >= 0.3 is 6.61 Å². The van der Waals surface area contributed by atoms with Gasteiger partial charge in [-0.25, -0.2) is 0 Å². The molecule has 0 fully saturated rings. The Morgan fingerprint density at radius 2 is 1.83 bits per heavy atom. The number of methoxy groups -OCH3 is 2. The molecule has 1 amide bonds. The minimum absolute atomic E-state index is 0.0342. The Kier molecular flexibility index (Phi) is 4.70. The van der Waals surface area contributed by atoms with Crippen molar-refractivity contribution in [1.82, 2.24) is 0 Å². The van der Waals surface area contributed by atoms with Crippen LogP contribution in [0.1, 0.15) is 6.92 Å². The molecule has 0 aliphatic rings. The van der Waals surface area contributed by atoms with Crippen LogP contribution < -0.4 is 19.5 Å². The lowest BCUT2D eigenvalue weighted by Crippen LogP contribution is -2.08. The maximum Gasteiger partial charge on any atom is 0.387 e. The highest BCUT2D eigenvalue weighted by Gasteiger charge is 2.17. The van der Waals surface area contributed by atoms with Crippen LogP contribution in [-0.2, 0) is 4.79 Å². The summed E-state index contributed by atoms with van der Waals surface area (Å²) in [6.07, 6.45) is 0. The average Bonchev–Trinajstić information content (AvgIpc) is 2.26. The van der Waals surface area contributed by atoms with Gasteiger partial charge < -0.3 is 19.5 Å². The van der Waals surface area contributed by atoms with Crippen molar-refractivity contribution in [2.75, 3.05) is 19.5 Å². The molecule has 100 valence electrons. The molecule has 0 spiro atoms. The minimum Gasteiger partial charge on any atom is -0.493 e. The lowest BCUT2D eigenvalue weighted by Gasteiger charge is -2.15. The van der Waals surface area contributed by atoms with E-state index in [9.17, 15) is 13.6 Å². The van der Waals surface area contributed by atoms with Crippen LogP contribution in [0.5, 0.6) is 17.2 Å². The van der Waals surface area contributed by atoms with E-state index in [0.29, 0.717) is 0 Å². The summed E-state index contributed by atoms with van der Waals surface area (Å²) >= 11 is 0. The number of carbonyl (C=O) groups is 1. The lowest BCUT2D eigenvalue weighted by atomic mass is 10.2. The molecule has 5 nitrogen and oxygen atoms in total. The summed E-state index contributed by atoms with van der Waals surface area (Å²) in [5.74, 6) is -0.341. The smallest absolute Gasteiger partial charge is 0.387 e. The number of rotatable bonds is 5. The molecule has 1 rings (SSSR count). The molecule has 0 unspecified atom stereocenters. The van der Waals surface area contributed by atoms with E-state index < -0.39 is 6.61 Å². The summed E-state index contributed by atoms with van der Waals surface area (Å²) in [4.78, 5) is 10.9. The second-order valence-electron chi connectivity index (χ2n) is 3.27. The van der Waals surface area contributed by atoms with Crippen LogP contribution in [0.3, 0.4) is 0 Å². The molecule has 0 saturated carbocycles. The summed E-state index contributed by atoms with van der Waals surface area (Å²) in [6.45, 7) is -1.71. The van der Waals surface area contributed by atoms with Crippen LogP contribution in [0.15, 0.2) is 12.1 Å². The monoisotopic (exact) mass is 261 g/mol. The van der Waals surface area contributed by atoms with Crippen LogP contribution >= 0.6 is 0 Å². The molecule has 1 aromatic rings. The number of ether oxygens (including phenoxy) is 3. The van der Waals surface area contributed by atoms with E-state index in [1.807, 2.05) is 0 Å². The zero-order valence-corrected chi connectivity index (χ0v) is 10.1. The summed E-state index contributed by atoms with van der Waals surface area (Å²) in [7, 11) is 2.65. The fourth-order valence-electron chi connectivity index (χ4n) is 1.39. The van der Waals surface area contributed by atoms with Gasteiger partial charge in [0.05, 0.1) is 14.2 Å². The van der Waals surface area contributed by atoms with Gasteiger partial charge in [0, 0.05) is 24.7 Å². The molecule has 0 radical (unpaired) electrons. The van der Waals surface area contributed by atoms with Gasteiger partial charge in [-0.2, -0.15) is 8.78 Å². The third kappa shape index (κ3) is 3.47. The molecule has 0 aliphatic heterocycles. The van der Waals surface area contributed by atoms with E-state index in [1.54, 1.807) is 0 Å². The van der Waals surface area contributed by atoms with Gasteiger partial charge in [-0.1, -0.05) is 0 Å². The molecule has 1 aromatic carbocycles. The molecule has 0 aliphatic carbocycles. The Bertz CT molecular complexity index is 437. The van der Waals surface area contributed by atoms with E-state index >= 15 is 0 Å². The highest BCUT2D eigenvalue weighted by molar-refractivity contribution is 5.89. The number of alkyl halides is 2. The zero-order valence-electron chi connectivity index (χ0n) is 10.1. The van der Waals surface area contributed by atoms with Gasteiger partial charge in [-0.05, 0) is 0 Å². The van der Waals surface area contributed by atoms with E-state index in [1.165, 1.54) is 33.3 Å². The number of carbonyl (C=O) groups excluding carboxylic acids is 1. The van der Waals surface area contributed by atoms with Gasteiger partial charge in [-0.15, -0.1) is 0 Å². The van der Waals surface area contributed by atoms with Gasteiger partial charge in [0.15, 0.2) is 11.5 Å². The maximum atomic E-state index is 12.3. The molecular formula is C11H13F2NO4. The van der Waals surface area contributed by atoms with Gasteiger partial charge in [0.1, 0.15) is 0 Å². The molecule has 0 bridgehead atoms. The number of hydrogen-bond acceptors (Lipinski definition) is 4. The molecule has 7 heteroatoms. The molecule has 0 heterocycles. The SMILES string of the molecule is COc1cc(NC(C)=O)cc(OC(F)F)c1OC. The predicted molar refractivity (Wildman–Crippen MR) is 60.5 cm³/mol. The van der Waals surface area contributed by atoms with E-state index in [0.717, 1.165) is 0 Å². The number of amides is 1. The van der Waals surface area contributed by atoms with Crippen molar-refractivity contribution < 1.29 is 27.8 Å². The van der Waals surface area contributed by atoms with Crippen LogP contribution in [0.25, 0.3) is 0 Å². The minimum atomic E-state index is -3.00.